The lowest BCUT2D eigenvalue weighted by Crippen LogP contribution is -1.74. The van der Waals surface area contributed by atoms with Crippen LogP contribution in [0, 0.1) is 0 Å². The molecule has 3 aromatic rings. The van der Waals surface area contributed by atoms with Crippen LogP contribution in [0.3, 0.4) is 0 Å². The molecule has 0 atom stereocenters. The van der Waals surface area contributed by atoms with E-state index in [0.29, 0.717) is 0 Å². The van der Waals surface area contributed by atoms with Gasteiger partial charge in [-0.25, -0.2) is 0 Å². The molecule has 1 N–H and O–H groups in total. The Labute approximate surface area is 87.6 Å². The number of benzene rings is 1. The standard InChI is InChI=1S/C13H10N2/c1-2-4-10(5-3-1)12-8-15-13-9-14-7-6-11(12)13/h1-9,15H. The van der Waals surface area contributed by atoms with E-state index in [1.807, 2.05) is 30.7 Å². The SMILES string of the molecule is c1ccc(-c2c[nH]c3cnccc23)cc1. The molecule has 15 heavy (non-hydrogen) atoms. The van der Waals surface area contributed by atoms with Gasteiger partial charge < -0.3 is 4.98 Å². The average molecular weight is 194 g/mol. The van der Waals surface area contributed by atoms with E-state index in [1.165, 1.54) is 16.5 Å². The number of hydrogen-bond acceptors (Lipinski definition) is 1. The number of aromatic nitrogens is 2. The molecule has 0 aliphatic heterocycles. The Balaban J connectivity index is 2.28. The van der Waals surface area contributed by atoms with Crippen LogP contribution in [0.15, 0.2) is 55.0 Å². The summed E-state index contributed by atoms with van der Waals surface area (Å²) in [4.78, 5) is 7.31. The highest BCUT2D eigenvalue weighted by Gasteiger charge is 2.04. The summed E-state index contributed by atoms with van der Waals surface area (Å²) in [6.07, 6.45) is 5.70. The Morgan fingerprint density at radius 3 is 2.73 bits per heavy atom. The molecule has 0 saturated heterocycles. The molecule has 2 aromatic heterocycles. The van der Waals surface area contributed by atoms with E-state index in [2.05, 4.69) is 34.2 Å². The molecule has 0 saturated carbocycles. The molecular formula is C13H10N2. The predicted octanol–water partition coefficient (Wildman–Crippen LogP) is 3.23. The summed E-state index contributed by atoms with van der Waals surface area (Å²) < 4.78 is 0. The van der Waals surface area contributed by atoms with E-state index in [4.69, 9.17) is 0 Å². The van der Waals surface area contributed by atoms with Gasteiger partial charge in [-0.15, -0.1) is 0 Å². The molecule has 72 valence electrons. The van der Waals surface area contributed by atoms with E-state index in [0.717, 1.165) is 5.52 Å². The summed E-state index contributed by atoms with van der Waals surface area (Å²) in [6, 6.07) is 12.4. The van der Waals surface area contributed by atoms with Crippen LogP contribution in [0.25, 0.3) is 22.0 Å². The van der Waals surface area contributed by atoms with Crippen LogP contribution >= 0.6 is 0 Å². The number of nitrogens with zero attached hydrogens (tertiary/aromatic N) is 1. The molecule has 2 heterocycles. The number of hydrogen-bond donors (Lipinski definition) is 1. The first-order valence-corrected chi connectivity index (χ1v) is 4.92. The molecular weight excluding hydrogens is 184 g/mol. The fourth-order valence-electron chi connectivity index (χ4n) is 1.83. The minimum Gasteiger partial charge on any atom is -0.359 e. The zero-order chi connectivity index (χ0) is 10.1. The fourth-order valence-corrected chi connectivity index (χ4v) is 1.83. The molecule has 0 spiro atoms. The second kappa shape index (κ2) is 3.24. The molecule has 3 rings (SSSR count). The Kier molecular flexibility index (Phi) is 1.78. The van der Waals surface area contributed by atoms with Crippen LogP contribution in [0.2, 0.25) is 0 Å². The van der Waals surface area contributed by atoms with E-state index in [9.17, 15) is 0 Å². The van der Waals surface area contributed by atoms with Crippen molar-refractivity contribution in [3.63, 3.8) is 0 Å². The lowest BCUT2D eigenvalue weighted by Gasteiger charge is -1.97. The maximum atomic E-state index is 4.09. The average Bonchev–Trinajstić information content (AvgIpc) is 2.74. The summed E-state index contributed by atoms with van der Waals surface area (Å²) in [5, 5.41) is 1.22. The first-order valence-electron chi connectivity index (χ1n) is 4.92. The Hall–Kier alpha value is -2.09. The number of nitrogens with one attached hydrogen (secondary N) is 1. The first kappa shape index (κ1) is 8.24. The van der Waals surface area contributed by atoms with Crippen LogP contribution in [-0.4, -0.2) is 9.97 Å². The van der Waals surface area contributed by atoms with Crippen molar-refractivity contribution < 1.29 is 0 Å². The van der Waals surface area contributed by atoms with Crippen molar-refractivity contribution in [3.05, 3.63) is 55.0 Å². The summed E-state index contributed by atoms with van der Waals surface area (Å²) >= 11 is 0. The Bertz CT molecular complexity index is 582. The van der Waals surface area contributed by atoms with Crippen molar-refractivity contribution >= 4 is 10.9 Å². The van der Waals surface area contributed by atoms with Gasteiger partial charge in [0.2, 0.25) is 0 Å². The third kappa shape index (κ3) is 1.31. The number of H-pyrrole nitrogens is 1. The lowest BCUT2D eigenvalue weighted by molar-refractivity contribution is 1.34. The molecule has 0 bridgehead atoms. The van der Waals surface area contributed by atoms with Crippen LogP contribution in [0.5, 0.6) is 0 Å². The van der Waals surface area contributed by atoms with E-state index in [1.54, 1.807) is 0 Å². The van der Waals surface area contributed by atoms with Crippen LogP contribution in [0.1, 0.15) is 0 Å². The second-order valence-electron chi connectivity index (χ2n) is 3.49. The topological polar surface area (TPSA) is 28.7 Å². The normalized spacial score (nSPS) is 10.7. The highest BCUT2D eigenvalue weighted by molar-refractivity contribution is 5.94. The lowest BCUT2D eigenvalue weighted by atomic mass is 10.1. The molecule has 0 amide bonds. The largest absolute Gasteiger partial charge is 0.359 e. The summed E-state index contributed by atoms with van der Waals surface area (Å²) in [5.74, 6) is 0. The molecule has 0 aliphatic rings. The molecule has 1 aromatic carbocycles. The summed E-state index contributed by atoms with van der Waals surface area (Å²) in [7, 11) is 0. The molecule has 0 radical (unpaired) electrons. The van der Waals surface area contributed by atoms with Gasteiger partial charge in [-0.05, 0) is 11.6 Å². The van der Waals surface area contributed by atoms with Gasteiger partial charge in [-0.1, -0.05) is 30.3 Å². The number of rotatable bonds is 1. The van der Waals surface area contributed by atoms with Crippen molar-refractivity contribution in [2.45, 2.75) is 0 Å². The van der Waals surface area contributed by atoms with Crippen molar-refractivity contribution in [1.29, 1.82) is 0 Å². The second-order valence-corrected chi connectivity index (χ2v) is 3.49. The van der Waals surface area contributed by atoms with Gasteiger partial charge in [-0.2, -0.15) is 0 Å². The third-order valence-electron chi connectivity index (χ3n) is 2.57. The first-order chi connectivity index (χ1) is 7.45. The van der Waals surface area contributed by atoms with Crippen molar-refractivity contribution in [2.75, 3.05) is 0 Å². The van der Waals surface area contributed by atoms with Gasteiger partial charge in [-0.3, -0.25) is 4.98 Å². The zero-order valence-corrected chi connectivity index (χ0v) is 8.14. The van der Waals surface area contributed by atoms with Crippen LogP contribution in [0.4, 0.5) is 0 Å². The van der Waals surface area contributed by atoms with Gasteiger partial charge in [0.25, 0.3) is 0 Å². The third-order valence-corrected chi connectivity index (χ3v) is 2.57. The molecule has 2 nitrogen and oxygen atoms in total. The molecule has 0 fully saturated rings. The van der Waals surface area contributed by atoms with Gasteiger partial charge in [0.15, 0.2) is 0 Å². The summed E-state index contributed by atoms with van der Waals surface area (Å²) in [6.45, 7) is 0. The minimum absolute atomic E-state index is 1.08. The zero-order valence-electron chi connectivity index (χ0n) is 8.14. The summed E-state index contributed by atoms with van der Waals surface area (Å²) in [5.41, 5.74) is 3.54. The van der Waals surface area contributed by atoms with E-state index >= 15 is 0 Å². The fraction of sp³-hybridized carbons (Fsp3) is 0. The maximum absolute atomic E-state index is 4.09. The van der Waals surface area contributed by atoms with Crippen molar-refractivity contribution in [3.8, 4) is 11.1 Å². The maximum Gasteiger partial charge on any atom is 0.0646 e. The van der Waals surface area contributed by atoms with E-state index < -0.39 is 0 Å². The minimum atomic E-state index is 1.08. The van der Waals surface area contributed by atoms with Gasteiger partial charge >= 0.3 is 0 Å². The highest BCUT2D eigenvalue weighted by atomic mass is 14.7. The molecule has 0 unspecified atom stereocenters. The van der Waals surface area contributed by atoms with Gasteiger partial charge in [0.1, 0.15) is 0 Å². The smallest absolute Gasteiger partial charge is 0.0646 e. The Morgan fingerprint density at radius 1 is 1.00 bits per heavy atom. The molecule has 0 aliphatic carbocycles. The predicted molar refractivity (Wildman–Crippen MR) is 61.5 cm³/mol. The quantitative estimate of drug-likeness (QED) is 0.633. The van der Waals surface area contributed by atoms with Crippen molar-refractivity contribution in [2.24, 2.45) is 0 Å². The van der Waals surface area contributed by atoms with Gasteiger partial charge in [0, 0.05) is 23.3 Å². The Morgan fingerprint density at radius 2 is 1.87 bits per heavy atom. The number of pyridine rings is 1. The van der Waals surface area contributed by atoms with Crippen LogP contribution in [-0.2, 0) is 0 Å². The van der Waals surface area contributed by atoms with Gasteiger partial charge in [0.05, 0.1) is 11.7 Å². The monoisotopic (exact) mass is 194 g/mol. The molecule has 2 heteroatoms. The number of fused-ring (bicyclic) bond motifs is 1. The van der Waals surface area contributed by atoms with E-state index in [-0.39, 0.29) is 0 Å². The van der Waals surface area contributed by atoms with Crippen molar-refractivity contribution in [1.82, 2.24) is 9.97 Å². The number of aromatic amines is 1. The van der Waals surface area contributed by atoms with Crippen LogP contribution < -0.4 is 0 Å². The highest BCUT2D eigenvalue weighted by Crippen LogP contribution is 2.27.